The molecule has 12 heteroatoms. The van der Waals surface area contributed by atoms with Crippen molar-refractivity contribution in [1.82, 2.24) is 40.6 Å². The molecule has 0 bridgehead atoms. The number of tetrazole rings is 1. The summed E-state index contributed by atoms with van der Waals surface area (Å²) in [5, 5.41) is 17.8. The summed E-state index contributed by atoms with van der Waals surface area (Å²) in [4.78, 5) is 31.4. The lowest BCUT2D eigenvalue weighted by molar-refractivity contribution is -0.131. The molecule has 2 aromatic carbocycles. The van der Waals surface area contributed by atoms with E-state index in [4.69, 9.17) is 9.26 Å². The summed E-state index contributed by atoms with van der Waals surface area (Å²) in [5.41, 5.74) is 0.581. The highest BCUT2D eigenvalue weighted by Crippen LogP contribution is 2.31. The third-order valence-corrected chi connectivity index (χ3v) is 5.42. The van der Waals surface area contributed by atoms with Crippen molar-refractivity contribution in [1.29, 1.82) is 0 Å². The largest absolute Gasteiger partial charge is 0.496 e. The fraction of sp³-hybridized carbons (Fsp3) is 0.190. The van der Waals surface area contributed by atoms with Crippen LogP contribution in [0.2, 0.25) is 0 Å². The first-order valence-electron chi connectivity index (χ1n) is 9.93. The molecule has 1 aliphatic rings. The Morgan fingerprint density at radius 1 is 1.15 bits per heavy atom. The Bertz CT molecular complexity index is 1340. The van der Waals surface area contributed by atoms with Crippen molar-refractivity contribution < 1.29 is 18.8 Å². The van der Waals surface area contributed by atoms with Crippen LogP contribution in [0.1, 0.15) is 18.4 Å². The van der Waals surface area contributed by atoms with Gasteiger partial charge in [-0.05, 0) is 47.2 Å². The number of ether oxygens (including phenoxy) is 1. The van der Waals surface area contributed by atoms with E-state index in [2.05, 4.69) is 31.0 Å². The standard InChI is InChI=1S/C21H18N8O4/c1-21(13-6-5-7-14(10-13)29-12-22-26-27-29)19(30)28(20(31)24-21)11-17-23-18(25-33-17)15-8-3-4-9-16(15)32-2/h3-10,12H,11H2,1-2H3,(H,24,31)/t21-/m0/s1. The lowest BCUT2D eigenvalue weighted by Crippen LogP contribution is -2.40. The first-order chi connectivity index (χ1) is 16.0. The van der Waals surface area contributed by atoms with Crippen LogP contribution in [0.25, 0.3) is 17.1 Å². The van der Waals surface area contributed by atoms with E-state index in [1.807, 2.05) is 12.1 Å². The highest BCUT2D eigenvalue weighted by Gasteiger charge is 2.49. The highest BCUT2D eigenvalue weighted by atomic mass is 16.5. The summed E-state index contributed by atoms with van der Waals surface area (Å²) in [5.74, 6) is 0.547. The third-order valence-electron chi connectivity index (χ3n) is 5.42. The number of nitrogens with zero attached hydrogens (tertiary/aromatic N) is 7. The zero-order valence-corrected chi connectivity index (χ0v) is 17.7. The van der Waals surface area contributed by atoms with Crippen LogP contribution in [0.5, 0.6) is 5.75 Å². The topological polar surface area (TPSA) is 141 Å². The molecular formula is C21H18N8O4. The number of hydrogen-bond acceptors (Lipinski definition) is 9. The number of imide groups is 1. The van der Waals surface area contributed by atoms with Gasteiger partial charge in [0.05, 0.1) is 18.4 Å². The van der Waals surface area contributed by atoms with Gasteiger partial charge in [-0.1, -0.05) is 29.4 Å². The fourth-order valence-electron chi connectivity index (χ4n) is 3.67. The number of carbonyl (C=O) groups is 2. The predicted molar refractivity (Wildman–Crippen MR) is 112 cm³/mol. The number of para-hydroxylation sites is 1. The first-order valence-corrected chi connectivity index (χ1v) is 9.93. The Balaban J connectivity index is 1.40. The molecule has 3 heterocycles. The number of amides is 3. The Morgan fingerprint density at radius 3 is 2.79 bits per heavy atom. The molecule has 33 heavy (non-hydrogen) atoms. The molecule has 1 aliphatic heterocycles. The molecule has 1 N–H and O–H groups in total. The molecule has 3 amide bonds. The van der Waals surface area contributed by atoms with Gasteiger partial charge < -0.3 is 14.6 Å². The Hall–Kier alpha value is -4.61. The van der Waals surface area contributed by atoms with Crippen LogP contribution in [-0.2, 0) is 16.9 Å². The monoisotopic (exact) mass is 446 g/mol. The van der Waals surface area contributed by atoms with Gasteiger partial charge >= 0.3 is 6.03 Å². The highest BCUT2D eigenvalue weighted by molar-refractivity contribution is 6.07. The van der Waals surface area contributed by atoms with Crippen LogP contribution in [0, 0.1) is 0 Å². The zero-order valence-electron chi connectivity index (χ0n) is 17.7. The molecule has 0 aliphatic carbocycles. The third kappa shape index (κ3) is 3.46. The fourth-order valence-corrected chi connectivity index (χ4v) is 3.67. The number of methoxy groups -OCH3 is 1. The van der Waals surface area contributed by atoms with Crippen molar-refractivity contribution in [3.8, 4) is 22.8 Å². The molecule has 12 nitrogen and oxygen atoms in total. The second-order valence-electron chi connectivity index (χ2n) is 7.46. The van der Waals surface area contributed by atoms with E-state index in [-0.39, 0.29) is 12.4 Å². The van der Waals surface area contributed by atoms with Crippen molar-refractivity contribution in [2.45, 2.75) is 19.0 Å². The summed E-state index contributed by atoms with van der Waals surface area (Å²) in [7, 11) is 1.54. The number of urea groups is 1. The van der Waals surface area contributed by atoms with Gasteiger partial charge in [-0.25, -0.2) is 9.48 Å². The van der Waals surface area contributed by atoms with Crippen LogP contribution in [0.4, 0.5) is 4.79 Å². The average Bonchev–Trinajstić information content (AvgIpc) is 3.58. The number of carbonyl (C=O) groups excluding carboxylic acids is 2. The van der Waals surface area contributed by atoms with E-state index in [1.165, 1.54) is 11.0 Å². The normalized spacial score (nSPS) is 17.9. The summed E-state index contributed by atoms with van der Waals surface area (Å²) in [6, 6.07) is 13.7. The van der Waals surface area contributed by atoms with E-state index >= 15 is 0 Å². The maximum absolute atomic E-state index is 13.3. The molecule has 0 radical (unpaired) electrons. The van der Waals surface area contributed by atoms with E-state index in [0.717, 1.165) is 4.90 Å². The summed E-state index contributed by atoms with van der Waals surface area (Å²) >= 11 is 0. The number of nitrogens with one attached hydrogen (secondary N) is 1. The van der Waals surface area contributed by atoms with E-state index in [0.29, 0.717) is 28.4 Å². The maximum atomic E-state index is 13.3. The number of rotatable bonds is 6. The van der Waals surface area contributed by atoms with Crippen molar-refractivity contribution in [3.05, 3.63) is 66.3 Å². The SMILES string of the molecule is COc1ccccc1-c1noc(CN2C(=O)N[C@@](C)(c3cccc(-n4cnnn4)c3)C2=O)n1. The van der Waals surface area contributed by atoms with Crippen molar-refractivity contribution in [2.75, 3.05) is 7.11 Å². The summed E-state index contributed by atoms with van der Waals surface area (Å²) in [6.45, 7) is 1.47. The van der Waals surface area contributed by atoms with Gasteiger partial charge in [-0.2, -0.15) is 4.98 Å². The minimum absolute atomic E-state index is 0.117. The van der Waals surface area contributed by atoms with Crippen molar-refractivity contribution in [3.63, 3.8) is 0 Å². The lowest BCUT2D eigenvalue weighted by atomic mass is 9.91. The summed E-state index contributed by atoms with van der Waals surface area (Å²) in [6.07, 6.45) is 1.44. The molecule has 0 saturated carbocycles. The van der Waals surface area contributed by atoms with Gasteiger partial charge in [0.15, 0.2) is 0 Å². The number of hydrogen-bond donors (Lipinski definition) is 1. The molecule has 2 aromatic heterocycles. The summed E-state index contributed by atoms with van der Waals surface area (Å²) < 4.78 is 12.1. The Kier molecular flexibility index (Phi) is 4.81. The van der Waals surface area contributed by atoms with Gasteiger partial charge in [0, 0.05) is 0 Å². The molecule has 0 unspecified atom stereocenters. The van der Waals surface area contributed by atoms with E-state index in [9.17, 15) is 9.59 Å². The molecule has 1 atom stereocenters. The Morgan fingerprint density at radius 2 is 2.00 bits per heavy atom. The van der Waals surface area contributed by atoms with E-state index < -0.39 is 17.5 Å². The van der Waals surface area contributed by atoms with Crippen molar-refractivity contribution >= 4 is 11.9 Å². The number of benzene rings is 2. The van der Waals surface area contributed by atoms with Gasteiger partial charge in [0.25, 0.3) is 5.91 Å². The Labute approximate surface area is 187 Å². The van der Waals surface area contributed by atoms with Gasteiger partial charge in [-0.3, -0.25) is 9.69 Å². The molecule has 5 rings (SSSR count). The lowest BCUT2D eigenvalue weighted by Gasteiger charge is -2.22. The minimum atomic E-state index is -1.29. The molecule has 0 spiro atoms. The van der Waals surface area contributed by atoms with Gasteiger partial charge in [0.1, 0.15) is 24.2 Å². The second kappa shape index (κ2) is 7.82. The van der Waals surface area contributed by atoms with Crippen LogP contribution < -0.4 is 10.1 Å². The van der Waals surface area contributed by atoms with Crippen molar-refractivity contribution in [2.24, 2.45) is 0 Å². The van der Waals surface area contributed by atoms with E-state index in [1.54, 1.807) is 50.4 Å². The molecule has 1 fully saturated rings. The van der Waals surface area contributed by atoms with Crippen LogP contribution >= 0.6 is 0 Å². The molecular weight excluding hydrogens is 428 g/mol. The van der Waals surface area contributed by atoms with Gasteiger partial charge in [-0.15, -0.1) is 5.10 Å². The number of aromatic nitrogens is 6. The van der Waals surface area contributed by atoms with Crippen LogP contribution in [-0.4, -0.2) is 54.3 Å². The van der Waals surface area contributed by atoms with Gasteiger partial charge in [0.2, 0.25) is 11.7 Å². The second-order valence-corrected chi connectivity index (χ2v) is 7.46. The molecule has 4 aromatic rings. The quantitative estimate of drug-likeness (QED) is 0.438. The maximum Gasteiger partial charge on any atom is 0.325 e. The predicted octanol–water partition coefficient (Wildman–Crippen LogP) is 1.69. The molecule has 1 saturated heterocycles. The smallest absolute Gasteiger partial charge is 0.325 e. The minimum Gasteiger partial charge on any atom is -0.496 e. The van der Waals surface area contributed by atoms with Crippen LogP contribution in [0.3, 0.4) is 0 Å². The first kappa shape index (κ1) is 20.3. The van der Waals surface area contributed by atoms with Crippen LogP contribution in [0.15, 0.2) is 59.4 Å². The average molecular weight is 446 g/mol. The zero-order chi connectivity index (χ0) is 23.0. The molecule has 166 valence electrons.